The number of hydrogen-bond donors (Lipinski definition) is 0. The van der Waals surface area contributed by atoms with Gasteiger partial charge in [0.1, 0.15) is 11.4 Å². The second kappa shape index (κ2) is 8.59. The van der Waals surface area contributed by atoms with Gasteiger partial charge in [-0.05, 0) is 23.3 Å². The van der Waals surface area contributed by atoms with Crippen molar-refractivity contribution in [2.75, 3.05) is 6.61 Å². The Morgan fingerprint density at radius 1 is 1.10 bits per heavy atom. The van der Waals surface area contributed by atoms with E-state index >= 15 is 0 Å². The molecule has 4 rings (SSSR count). The average molecular weight is 425 g/mol. The largest absolute Gasteiger partial charge is 0.464 e. The van der Waals surface area contributed by atoms with E-state index in [1.807, 2.05) is 47.8 Å². The van der Waals surface area contributed by atoms with Crippen molar-refractivity contribution in [2.24, 2.45) is 0 Å². The van der Waals surface area contributed by atoms with Gasteiger partial charge in [0.15, 0.2) is 0 Å². The number of nitrogens with zero attached hydrogens (tertiary/aromatic N) is 2. The van der Waals surface area contributed by atoms with E-state index in [1.165, 1.54) is 22.2 Å². The van der Waals surface area contributed by atoms with Crippen LogP contribution in [0.5, 0.6) is 0 Å². The van der Waals surface area contributed by atoms with Crippen LogP contribution >= 0.6 is 22.9 Å². The number of esters is 1. The Bertz CT molecular complexity index is 1200. The van der Waals surface area contributed by atoms with Crippen LogP contribution in [0.2, 0.25) is 5.02 Å². The zero-order valence-corrected chi connectivity index (χ0v) is 16.9. The number of thiophene rings is 1. The Hall–Kier alpha value is -2.96. The molecule has 4 aromatic rings. The number of halogens is 1. The first kappa shape index (κ1) is 19.4. The van der Waals surface area contributed by atoms with E-state index in [0.717, 1.165) is 16.7 Å². The predicted molar refractivity (Wildman–Crippen MR) is 115 cm³/mol. The Kier molecular flexibility index (Phi) is 5.74. The molecule has 0 saturated heterocycles. The molecule has 0 aliphatic heterocycles. The van der Waals surface area contributed by atoms with Crippen LogP contribution in [0.1, 0.15) is 5.56 Å². The first-order valence-electron chi connectivity index (χ1n) is 9.04. The minimum atomic E-state index is -0.465. The van der Waals surface area contributed by atoms with Crippen molar-refractivity contribution in [3.63, 3.8) is 0 Å². The monoisotopic (exact) mass is 424 g/mol. The summed E-state index contributed by atoms with van der Waals surface area (Å²) in [6.07, 6.45) is 2.02. The van der Waals surface area contributed by atoms with E-state index in [1.54, 1.807) is 12.1 Å². The molecule has 0 spiro atoms. The lowest BCUT2D eigenvalue weighted by Gasteiger charge is -2.07. The molecule has 29 heavy (non-hydrogen) atoms. The minimum Gasteiger partial charge on any atom is -0.464 e. The lowest BCUT2D eigenvalue weighted by Crippen LogP contribution is -2.26. The van der Waals surface area contributed by atoms with Gasteiger partial charge in [-0.1, -0.05) is 54.1 Å². The molecular formula is C22H17ClN2O3S. The van der Waals surface area contributed by atoms with Crippen LogP contribution in [0.25, 0.3) is 21.3 Å². The van der Waals surface area contributed by atoms with Crippen molar-refractivity contribution in [2.45, 2.75) is 13.0 Å². The molecule has 0 amide bonds. The summed E-state index contributed by atoms with van der Waals surface area (Å²) < 4.78 is 6.58. The van der Waals surface area contributed by atoms with Crippen LogP contribution in [0, 0.1) is 0 Å². The molecule has 5 nitrogen and oxygen atoms in total. The number of fused-ring (bicyclic) bond motifs is 1. The van der Waals surface area contributed by atoms with Crippen molar-refractivity contribution < 1.29 is 9.53 Å². The van der Waals surface area contributed by atoms with Gasteiger partial charge in [-0.15, -0.1) is 11.3 Å². The Balaban J connectivity index is 1.51. The number of ether oxygens (including phenoxy) is 1. The summed E-state index contributed by atoms with van der Waals surface area (Å²) in [5.74, 6) is -0.465. The molecule has 0 aliphatic carbocycles. The Morgan fingerprint density at radius 2 is 1.86 bits per heavy atom. The van der Waals surface area contributed by atoms with Crippen LogP contribution in [-0.2, 0) is 22.5 Å². The maximum Gasteiger partial charge on any atom is 0.326 e. The molecule has 0 saturated carbocycles. The lowest BCUT2D eigenvalue weighted by molar-refractivity contribution is -0.144. The molecule has 0 bridgehead atoms. The van der Waals surface area contributed by atoms with E-state index in [4.69, 9.17) is 16.3 Å². The highest BCUT2D eigenvalue weighted by atomic mass is 35.5. The summed E-state index contributed by atoms with van der Waals surface area (Å²) in [6, 6.07) is 17.0. The van der Waals surface area contributed by atoms with Crippen LogP contribution < -0.4 is 5.56 Å². The van der Waals surface area contributed by atoms with E-state index in [0.29, 0.717) is 21.7 Å². The van der Waals surface area contributed by atoms with Gasteiger partial charge >= 0.3 is 5.97 Å². The molecule has 7 heteroatoms. The summed E-state index contributed by atoms with van der Waals surface area (Å²) in [5, 5.41) is 3.02. The highest BCUT2D eigenvalue weighted by molar-refractivity contribution is 7.17. The molecule has 146 valence electrons. The number of carbonyl (C=O) groups is 1. The third-order valence-electron chi connectivity index (χ3n) is 4.51. The smallest absolute Gasteiger partial charge is 0.326 e. The van der Waals surface area contributed by atoms with Gasteiger partial charge in [0.2, 0.25) is 0 Å². The van der Waals surface area contributed by atoms with Gasteiger partial charge < -0.3 is 4.74 Å². The van der Waals surface area contributed by atoms with Gasteiger partial charge in [0.25, 0.3) is 5.56 Å². The topological polar surface area (TPSA) is 61.2 Å². The van der Waals surface area contributed by atoms with Gasteiger partial charge in [0.05, 0.1) is 18.3 Å². The van der Waals surface area contributed by atoms with Crippen molar-refractivity contribution >= 4 is 39.1 Å². The maximum absolute atomic E-state index is 13.0. The third-order valence-corrected chi connectivity index (χ3v) is 5.65. The normalized spacial score (nSPS) is 10.9. The number of rotatable bonds is 6. The molecule has 2 heterocycles. The van der Waals surface area contributed by atoms with Gasteiger partial charge in [-0.25, -0.2) is 4.98 Å². The lowest BCUT2D eigenvalue weighted by atomic mass is 10.1. The summed E-state index contributed by atoms with van der Waals surface area (Å²) >= 11 is 7.35. The minimum absolute atomic E-state index is 0.174. The van der Waals surface area contributed by atoms with Gasteiger partial charge in [-0.3, -0.25) is 14.2 Å². The van der Waals surface area contributed by atoms with Gasteiger partial charge in [0, 0.05) is 22.4 Å². The Morgan fingerprint density at radius 3 is 2.62 bits per heavy atom. The fraction of sp³-hybridized carbons (Fsp3) is 0.136. The standard InChI is InChI=1S/C22H17ClN2O3S/c23-17-8-6-16(7-9-17)18-13-29-21-20(18)22(27)25(14-24-21)12-19(26)28-11-10-15-4-2-1-3-5-15/h1-9,13-14H,10-12H2. The van der Waals surface area contributed by atoms with Crippen LogP contribution in [0.15, 0.2) is 71.1 Å². The summed E-state index contributed by atoms with van der Waals surface area (Å²) in [5.41, 5.74) is 2.49. The predicted octanol–water partition coefficient (Wildman–Crippen LogP) is 4.56. The van der Waals surface area contributed by atoms with E-state index in [-0.39, 0.29) is 18.7 Å². The van der Waals surface area contributed by atoms with E-state index in [9.17, 15) is 9.59 Å². The number of hydrogen-bond acceptors (Lipinski definition) is 5. The molecular weight excluding hydrogens is 408 g/mol. The van der Waals surface area contributed by atoms with Crippen LogP contribution in [-0.4, -0.2) is 22.1 Å². The SMILES string of the molecule is O=C(Cn1cnc2scc(-c3ccc(Cl)cc3)c2c1=O)OCCc1ccccc1. The van der Waals surface area contributed by atoms with E-state index < -0.39 is 5.97 Å². The average Bonchev–Trinajstić information content (AvgIpc) is 3.16. The van der Waals surface area contributed by atoms with Crippen molar-refractivity contribution in [3.05, 3.63) is 87.2 Å². The third kappa shape index (κ3) is 4.39. The fourth-order valence-electron chi connectivity index (χ4n) is 3.03. The van der Waals surface area contributed by atoms with Crippen molar-refractivity contribution in [3.8, 4) is 11.1 Å². The number of carbonyl (C=O) groups excluding carboxylic acids is 1. The van der Waals surface area contributed by atoms with E-state index in [2.05, 4.69) is 4.98 Å². The summed E-state index contributed by atoms with van der Waals surface area (Å²) in [6.45, 7) is 0.0915. The highest BCUT2D eigenvalue weighted by Crippen LogP contribution is 2.31. The van der Waals surface area contributed by atoms with Crippen molar-refractivity contribution in [1.29, 1.82) is 0 Å². The summed E-state index contributed by atoms with van der Waals surface area (Å²) in [7, 11) is 0. The molecule has 2 aromatic carbocycles. The quantitative estimate of drug-likeness (QED) is 0.425. The Labute approximate surface area is 176 Å². The molecule has 0 radical (unpaired) electrons. The highest BCUT2D eigenvalue weighted by Gasteiger charge is 2.15. The fourth-order valence-corrected chi connectivity index (χ4v) is 4.07. The first-order valence-corrected chi connectivity index (χ1v) is 10.3. The molecule has 0 aliphatic rings. The van der Waals surface area contributed by atoms with Gasteiger partial charge in [-0.2, -0.15) is 0 Å². The van der Waals surface area contributed by atoms with Crippen LogP contribution in [0.3, 0.4) is 0 Å². The first-order chi connectivity index (χ1) is 14.1. The molecule has 0 N–H and O–H groups in total. The summed E-state index contributed by atoms with van der Waals surface area (Å²) in [4.78, 5) is 30.1. The number of aromatic nitrogens is 2. The molecule has 2 aromatic heterocycles. The van der Waals surface area contributed by atoms with Crippen LogP contribution in [0.4, 0.5) is 0 Å². The molecule has 0 fully saturated rings. The second-order valence-electron chi connectivity index (χ2n) is 6.47. The van der Waals surface area contributed by atoms with Crippen molar-refractivity contribution in [1.82, 2.24) is 9.55 Å². The maximum atomic E-state index is 13.0. The number of benzene rings is 2. The zero-order chi connectivity index (χ0) is 20.2. The second-order valence-corrected chi connectivity index (χ2v) is 7.76. The molecule has 0 atom stereocenters. The zero-order valence-electron chi connectivity index (χ0n) is 15.4. The molecule has 0 unspecified atom stereocenters.